The van der Waals surface area contributed by atoms with Crippen molar-refractivity contribution in [3.63, 3.8) is 0 Å². The maximum Gasteiger partial charge on any atom is 0.148 e. The van der Waals surface area contributed by atoms with E-state index < -0.39 is 0 Å². The summed E-state index contributed by atoms with van der Waals surface area (Å²) in [5, 5.41) is 3.60. The van der Waals surface area contributed by atoms with Crippen LogP contribution in [-0.4, -0.2) is 24.9 Å². The molecule has 0 aromatic heterocycles. The van der Waals surface area contributed by atoms with Crippen LogP contribution in [-0.2, 0) is 11.3 Å². The molecule has 1 aliphatic heterocycles. The SMILES string of the molecule is C#CCOc1ccccc1CNC1CCOC(C)(C)C1. The van der Waals surface area contributed by atoms with Crippen LogP contribution < -0.4 is 10.1 Å². The van der Waals surface area contributed by atoms with E-state index in [-0.39, 0.29) is 5.60 Å². The lowest BCUT2D eigenvalue weighted by atomic mass is 9.94. The summed E-state index contributed by atoms with van der Waals surface area (Å²) in [5.41, 5.74) is 1.11. The van der Waals surface area contributed by atoms with Gasteiger partial charge in [-0.3, -0.25) is 0 Å². The smallest absolute Gasteiger partial charge is 0.148 e. The Hall–Kier alpha value is -1.50. The lowest BCUT2D eigenvalue weighted by molar-refractivity contribution is -0.0630. The summed E-state index contributed by atoms with van der Waals surface area (Å²) < 4.78 is 11.3. The Balaban J connectivity index is 1.92. The van der Waals surface area contributed by atoms with Gasteiger partial charge >= 0.3 is 0 Å². The third-order valence-corrected chi connectivity index (χ3v) is 3.56. The lowest BCUT2D eigenvalue weighted by Crippen LogP contribution is -2.43. The summed E-state index contributed by atoms with van der Waals surface area (Å²) in [6.45, 7) is 6.21. The zero-order chi connectivity index (χ0) is 14.4. The number of ether oxygens (including phenoxy) is 2. The molecule has 0 radical (unpaired) electrons. The first-order valence-electron chi connectivity index (χ1n) is 7.12. The van der Waals surface area contributed by atoms with E-state index in [1.165, 1.54) is 0 Å². The Morgan fingerprint density at radius 1 is 1.45 bits per heavy atom. The van der Waals surface area contributed by atoms with E-state index >= 15 is 0 Å². The molecule has 1 aromatic carbocycles. The Morgan fingerprint density at radius 3 is 3.00 bits per heavy atom. The highest BCUT2D eigenvalue weighted by molar-refractivity contribution is 5.33. The first-order valence-corrected chi connectivity index (χ1v) is 7.12. The molecule has 1 unspecified atom stereocenters. The minimum Gasteiger partial charge on any atom is -0.481 e. The van der Waals surface area contributed by atoms with Crippen LogP contribution in [0.2, 0.25) is 0 Å². The molecule has 0 bridgehead atoms. The van der Waals surface area contributed by atoms with E-state index in [4.69, 9.17) is 15.9 Å². The van der Waals surface area contributed by atoms with E-state index in [0.29, 0.717) is 12.6 Å². The molecule has 3 heteroatoms. The van der Waals surface area contributed by atoms with Gasteiger partial charge < -0.3 is 14.8 Å². The summed E-state index contributed by atoms with van der Waals surface area (Å²) >= 11 is 0. The van der Waals surface area contributed by atoms with Crippen LogP contribution in [0.1, 0.15) is 32.3 Å². The molecule has 1 fully saturated rings. The zero-order valence-corrected chi connectivity index (χ0v) is 12.3. The van der Waals surface area contributed by atoms with Gasteiger partial charge in [-0.1, -0.05) is 24.1 Å². The molecule has 0 saturated carbocycles. The van der Waals surface area contributed by atoms with Gasteiger partial charge in [0.05, 0.1) is 5.60 Å². The number of hydrogen-bond donors (Lipinski definition) is 1. The van der Waals surface area contributed by atoms with Crippen molar-refractivity contribution in [2.24, 2.45) is 0 Å². The highest BCUT2D eigenvalue weighted by Gasteiger charge is 2.28. The molecular formula is C17H23NO2. The van der Waals surface area contributed by atoms with E-state index in [1.54, 1.807) is 0 Å². The fraction of sp³-hybridized carbons (Fsp3) is 0.529. The standard InChI is InChI=1S/C17H23NO2/c1-4-10-19-16-8-6-5-7-14(16)13-18-15-9-11-20-17(2,3)12-15/h1,5-8,15,18H,9-13H2,2-3H3. The van der Waals surface area contributed by atoms with Crippen molar-refractivity contribution in [2.75, 3.05) is 13.2 Å². The lowest BCUT2D eigenvalue weighted by Gasteiger charge is -2.36. The van der Waals surface area contributed by atoms with Crippen LogP contribution in [0, 0.1) is 12.3 Å². The minimum atomic E-state index is -0.0323. The largest absolute Gasteiger partial charge is 0.481 e. The van der Waals surface area contributed by atoms with Crippen molar-refractivity contribution in [1.82, 2.24) is 5.32 Å². The maximum atomic E-state index is 5.74. The number of benzene rings is 1. The molecular weight excluding hydrogens is 250 g/mol. The second kappa shape index (κ2) is 6.78. The molecule has 108 valence electrons. The summed E-state index contributed by atoms with van der Waals surface area (Å²) in [7, 11) is 0. The van der Waals surface area contributed by atoms with E-state index in [0.717, 1.165) is 37.3 Å². The van der Waals surface area contributed by atoms with Gasteiger partial charge in [0.1, 0.15) is 12.4 Å². The van der Waals surface area contributed by atoms with Crippen molar-refractivity contribution in [3.8, 4) is 18.1 Å². The van der Waals surface area contributed by atoms with E-state index in [1.807, 2.05) is 18.2 Å². The van der Waals surface area contributed by atoms with Crippen LogP contribution >= 0.6 is 0 Å². The van der Waals surface area contributed by atoms with Crippen LogP contribution in [0.4, 0.5) is 0 Å². The first-order chi connectivity index (χ1) is 9.61. The van der Waals surface area contributed by atoms with Crippen LogP contribution in [0.25, 0.3) is 0 Å². The quantitative estimate of drug-likeness (QED) is 0.837. The predicted molar refractivity (Wildman–Crippen MR) is 80.7 cm³/mol. The number of hydrogen-bond acceptors (Lipinski definition) is 3. The van der Waals surface area contributed by atoms with Crippen molar-refractivity contribution in [1.29, 1.82) is 0 Å². The van der Waals surface area contributed by atoms with Crippen molar-refractivity contribution >= 4 is 0 Å². The fourth-order valence-corrected chi connectivity index (χ4v) is 2.57. The number of nitrogens with one attached hydrogen (secondary N) is 1. The van der Waals surface area contributed by atoms with Crippen molar-refractivity contribution < 1.29 is 9.47 Å². The van der Waals surface area contributed by atoms with Gasteiger partial charge in [-0.15, -0.1) is 6.42 Å². The molecule has 1 atom stereocenters. The Morgan fingerprint density at radius 2 is 2.25 bits per heavy atom. The number of rotatable bonds is 5. The summed E-state index contributed by atoms with van der Waals surface area (Å²) in [5.74, 6) is 3.37. The highest BCUT2D eigenvalue weighted by Crippen LogP contribution is 2.25. The second-order valence-corrected chi connectivity index (χ2v) is 5.78. The second-order valence-electron chi connectivity index (χ2n) is 5.78. The van der Waals surface area contributed by atoms with Gasteiger partial charge in [0.25, 0.3) is 0 Å². The molecule has 0 aliphatic carbocycles. The summed E-state index contributed by atoms with van der Waals surface area (Å²) in [4.78, 5) is 0. The number of para-hydroxylation sites is 1. The monoisotopic (exact) mass is 273 g/mol. The topological polar surface area (TPSA) is 30.5 Å². The van der Waals surface area contributed by atoms with Crippen molar-refractivity contribution in [2.45, 2.75) is 44.9 Å². The number of terminal acetylenes is 1. The molecule has 1 aromatic rings. The van der Waals surface area contributed by atoms with Gasteiger partial charge in [0, 0.05) is 24.8 Å². The van der Waals surface area contributed by atoms with E-state index in [2.05, 4.69) is 31.2 Å². The molecule has 1 saturated heterocycles. The Bertz CT molecular complexity index is 476. The van der Waals surface area contributed by atoms with Crippen molar-refractivity contribution in [3.05, 3.63) is 29.8 Å². The Labute approximate surface area is 121 Å². The van der Waals surface area contributed by atoms with Gasteiger partial charge in [-0.05, 0) is 32.8 Å². The molecule has 0 spiro atoms. The highest BCUT2D eigenvalue weighted by atomic mass is 16.5. The molecule has 0 amide bonds. The first kappa shape index (κ1) is 14.9. The van der Waals surface area contributed by atoms with Crippen LogP contribution in [0.3, 0.4) is 0 Å². The summed E-state index contributed by atoms with van der Waals surface area (Å²) in [6, 6.07) is 8.51. The average molecular weight is 273 g/mol. The van der Waals surface area contributed by atoms with E-state index in [9.17, 15) is 0 Å². The van der Waals surface area contributed by atoms with Crippen LogP contribution in [0.15, 0.2) is 24.3 Å². The van der Waals surface area contributed by atoms with Gasteiger partial charge in [-0.25, -0.2) is 0 Å². The van der Waals surface area contributed by atoms with Gasteiger partial charge in [-0.2, -0.15) is 0 Å². The third kappa shape index (κ3) is 4.26. The molecule has 1 N–H and O–H groups in total. The van der Waals surface area contributed by atoms with Crippen LogP contribution in [0.5, 0.6) is 5.75 Å². The average Bonchev–Trinajstić information content (AvgIpc) is 2.43. The van der Waals surface area contributed by atoms with Gasteiger partial charge in [0.2, 0.25) is 0 Å². The van der Waals surface area contributed by atoms with Gasteiger partial charge in [0.15, 0.2) is 0 Å². The fourth-order valence-electron chi connectivity index (χ4n) is 2.57. The third-order valence-electron chi connectivity index (χ3n) is 3.56. The molecule has 2 rings (SSSR count). The zero-order valence-electron chi connectivity index (χ0n) is 12.3. The summed E-state index contributed by atoms with van der Waals surface area (Å²) in [6.07, 6.45) is 7.32. The predicted octanol–water partition coefficient (Wildman–Crippen LogP) is 2.75. The molecule has 1 aliphatic rings. The minimum absolute atomic E-state index is 0.0323. The molecule has 3 nitrogen and oxygen atoms in total. The maximum absolute atomic E-state index is 5.74. The Kier molecular flexibility index (Phi) is 5.05. The molecule has 1 heterocycles. The molecule has 20 heavy (non-hydrogen) atoms. The normalized spacial score (nSPS) is 21.1.